The van der Waals surface area contributed by atoms with Crippen LogP contribution >= 0.6 is 12.4 Å². The topological polar surface area (TPSA) is 52.7 Å². The van der Waals surface area contributed by atoms with Gasteiger partial charge < -0.3 is 15.1 Å². The first kappa shape index (κ1) is 21.7. The van der Waals surface area contributed by atoms with Gasteiger partial charge in [-0.3, -0.25) is 9.59 Å². The molecular weight excluding hydrogens is 362 g/mol. The van der Waals surface area contributed by atoms with Crippen LogP contribution in [0.15, 0.2) is 30.3 Å². The molecule has 1 saturated carbocycles. The van der Waals surface area contributed by atoms with E-state index in [0.717, 1.165) is 56.9 Å². The maximum absolute atomic E-state index is 12.7. The molecule has 1 aromatic rings. The molecule has 1 aromatic carbocycles. The summed E-state index contributed by atoms with van der Waals surface area (Å²) in [4.78, 5) is 29.2. The quantitative estimate of drug-likeness (QED) is 0.738. The molecular formula is C21H32ClN3O2. The minimum Gasteiger partial charge on any atom is -0.338 e. The average molecular weight is 394 g/mol. The second-order valence-corrected chi connectivity index (χ2v) is 7.55. The van der Waals surface area contributed by atoms with E-state index in [-0.39, 0.29) is 30.3 Å². The Hall–Kier alpha value is -1.59. The van der Waals surface area contributed by atoms with Gasteiger partial charge in [-0.25, -0.2) is 0 Å². The van der Waals surface area contributed by atoms with Gasteiger partial charge in [-0.05, 0) is 56.7 Å². The zero-order chi connectivity index (χ0) is 18.4. The average Bonchev–Trinajstić information content (AvgIpc) is 3.51. The maximum Gasteiger partial charge on any atom is 0.253 e. The largest absolute Gasteiger partial charge is 0.338 e. The van der Waals surface area contributed by atoms with Gasteiger partial charge in [-0.1, -0.05) is 25.1 Å². The molecule has 1 N–H and O–H groups in total. The van der Waals surface area contributed by atoms with Crippen LogP contribution < -0.4 is 5.32 Å². The Labute approximate surface area is 168 Å². The number of carbonyl (C=O) groups is 2. The lowest BCUT2D eigenvalue weighted by Gasteiger charge is -2.38. The molecule has 1 aliphatic carbocycles. The molecule has 27 heavy (non-hydrogen) atoms. The van der Waals surface area contributed by atoms with Gasteiger partial charge in [-0.2, -0.15) is 0 Å². The zero-order valence-corrected chi connectivity index (χ0v) is 17.0. The van der Waals surface area contributed by atoms with Crippen LogP contribution in [0.5, 0.6) is 0 Å². The van der Waals surface area contributed by atoms with Crippen molar-refractivity contribution in [1.29, 1.82) is 0 Å². The van der Waals surface area contributed by atoms with Crippen molar-refractivity contribution in [1.82, 2.24) is 15.1 Å². The lowest BCUT2D eigenvalue weighted by atomic mass is 10.0. The van der Waals surface area contributed by atoms with E-state index in [1.807, 2.05) is 40.1 Å². The van der Waals surface area contributed by atoms with Crippen molar-refractivity contribution in [3.63, 3.8) is 0 Å². The van der Waals surface area contributed by atoms with Gasteiger partial charge >= 0.3 is 0 Å². The first-order valence-corrected chi connectivity index (χ1v) is 10.0. The van der Waals surface area contributed by atoms with E-state index < -0.39 is 0 Å². The van der Waals surface area contributed by atoms with Gasteiger partial charge in [0.2, 0.25) is 5.91 Å². The van der Waals surface area contributed by atoms with Gasteiger partial charge in [0, 0.05) is 31.2 Å². The van der Waals surface area contributed by atoms with Crippen LogP contribution in [0.1, 0.15) is 49.4 Å². The SMILES string of the molecule is CCCN(C(=O)CNCC1CC1)C1CCN(C(=O)c2ccccc2)CC1.Cl. The Morgan fingerprint density at radius 3 is 2.37 bits per heavy atom. The predicted octanol–water partition coefficient (Wildman–Crippen LogP) is 2.95. The number of benzene rings is 1. The Bertz CT molecular complexity index is 599. The second kappa shape index (κ2) is 10.7. The van der Waals surface area contributed by atoms with Crippen LogP contribution in [-0.2, 0) is 4.79 Å². The highest BCUT2D eigenvalue weighted by atomic mass is 35.5. The van der Waals surface area contributed by atoms with Crippen molar-refractivity contribution in [2.24, 2.45) is 5.92 Å². The smallest absolute Gasteiger partial charge is 0.253 e. The summed E-state index contributed by atoms with van der Waals surface area (Å²) in [5.74, 6) is 1.10. The molecule has 2 fully saturated rings. The summed E-state index contributed by atoms with van der Waals surface area (Å²) in [5.41, 5.74) is 0.747. The molecule has 5 nitrogen and oxygen atoms in total. The lowest BCUT2D eigenvalue weighted by molar-refractivity contribution is -0.133. The van der Waals surface area contributed by atoms with E-state index in [9.17, 15) is 9.59 Å². The van der Waals surface area contributed by atoms with Crippen molar-refractivity contribution in [2.45, 2.75) is 45.1 Å². The summed E-state index contributed by atoms with van der Waals surface area (Å²) in [5, 5.41) is 3.32. The van der Waals surface area contributed by atoms with Gasteiger partial charge in [-0.15, -0.1) is 12.4 Å². The number of piperidine rings is 1. The Morgan fingerprint density at radius 2 is 1.78 bits per heavy atom. The van der Waals surface area contributed by atoms with Crippen molar-refractivity contribution < 1.29 is 9.59 Å². The van der Waals surface area contributed by atoms with E-state index in [1.165, 1.54) is 12.8 Å². The van der Waals surface area contributed by atoms with Gasteiger partial charge in [0.15, 0.2) is 0 Å². The van der Waals surface area contributed by atoms with Crippen LogP contribution in [0, 0.1) is 5.92 Å². The molecule has 3 rings (SSSR count). The molecule has 1 aliphatic heterocycles. The Morgan fingerprint density at radius 1 is 1.11 bits per heavy atom. The molecule has 0 bridgehead atoms. The van der Waals surface area contributed by atoms with Crippen molar-refractivity contribution in [3.8, 4) is 0 Å². The third-order valence-electron chi connectivity index (χ3n) is 5.40. The zero-order valence-electron chi connectivity index (χ0n) is 16.2. The summed E-state index contributed by atoms with van der Waals surface area (Å²) in [7, 11) is 0. The number of hydrogen-bond donors (Lipinski definition) is 1. The molecule has 2 aliphatic rings. The summed E-state index contributed by atoms with van der Waals surface area (Å²) in [6.45, 7) is 5.78. The van der Waals surface area contributed by atoms with E-state index in [2.05, 4.69) is 12.2 Å². The normalized spacial score (nSPS) is 17.3. The van der Waals surface area contributed by atoms with Crippen LogP contribution in [0.25, 0.3) is 0 Å². The number of nitrogens with one attached hydrogen (secondary N) is 1. The van der Waals surface area contributed by atoms with Crippen LogP contribution in [-0.4, -0.2) is 60.4 Å². The molecule has 0 aromatic heterocycles. The fourth-order valence-corrected chi connectivity index (χ4v) is 3.70. The van der Waals surface area contributed by atoms with Crippen LogP contribution in [0.2, 0.25) is 0 Å². The number of amides is 2. The van der Waals surface area contributed by atoms with Gasteiger partial charge in [0.25, 0.3) is 5.91 Å². The van der Waals surface area contributed by atoms with Gasteiger partial charge in [0.1, 0.15) is 0 Å². The van der Waals surface area contributed by atoms with Crippen molar-refractivity contribution >= 4 is 24.2 Å². The summed E-state index contributed by atoms with van der Waals surface area (Å²) >= 11 is 0. The first-order valence-electron chi connectivity index (χ1n) is 10.0. The van der Waals surface area contributed by atoms with Crippen molar-refractivity contribution in [3.05, 3.63) is 35.9 Å². The molecule has 1 heterocycles. The summed E-state index contributed by atoms with van der Waals surface area (Å²) in [6, 6.07) is 9.71. The fraction of sp³-hybridized carbons (Fsp3) is 0.619. The predicted molar refractivity (Wildman–Crippen MR) is 110 cm³/mol. The highest BCUT2D eigenvalue weighted by molar-refractivity contribution is 5.94. The fourth-order valence-electron chi connectivity index (χ4n) is 3.70. The maximum atomic E-state index is 12.7. The highest BCUT2D eigenvalue weighted by Crippen LogP contribution is 2.27. The minimum absolute atomic E-state index is 0. The number of hydrogen-bond acceptors (Lipinski definition) is 3. The monoisotopic (exact) mass is 393 g/mol. The molecule has 150 valence electrons. The molecule has 0 unspecified atom stereocenters. The number of carbonyl (C=O) groups excluding carboxylic acids is 2. The molecule has 0 radical (unpaired) electrons. The number of rotatable bonds is 8. The molecule has 2 amide bonds. The van der Waals surface area contributed by atoms with Crippen LogP contribution in [0.4, 0.5) is 0 Å². The standard InChI is InChI=1S/C21H31N3O2.ClH/c1-2-12-24(20(25)16-22-15-17-8-9-17)19-10-13-23(14-11-19)21(26)18-6-4-3-5-7-18;/h3-7,17,19,22H,2,8-16H2,1H3;1H. The molecule has 0 atom stereocenters. The van der Waals surface area contributed by atoms with E-state index in [1.54, 1.807) is 0 Å². The number of likely N-dealkylation sites (tertiary alicyclic amines) is 1. The Balaban J connectivity index is 0.00000261. The lowest BCUT2D eigenvalue weighted by Crippen LogP contribution is -2.51. The number of nitrogens with zero attached hydrogens (tertiary/aromatic N) is 2. The van der Waals surface area contributed by atoms with E-state index in [4.69, 9.17) is 0 Å². The third-order valence-corrected chi connectivity index (χ3v) is 5.40. The first-order chi connectivity index (χ1) is 12.7. The van der Waals surface area contributed by atoms with Crippen molar-refractivity contribution in [2.75, 3.05) is 32.7 Å². The van der Waals surface area contributed by atoms with Gasteiger partial charge in [0.05, 0.1) is 6.54 Å². The summed E-state index contributed by atoms with van der Waals surface area (Å²) < 4.78 is 0. The van der Waals surface area contributed by atoms with E-state index in [0.29, 0.717) is 6.54 Å². The van der Waals surface area contributed by atoms with E-state index >= 15 is 0 Å². The molecule has 6 heteroatoms. The Kier molecular flexibility index (Phi) is 8.58. The van der Waals surface area contributed by atoms with Crippen LogP contribution in [0.3, 0.4) is 0 Å². The molecule has 0 spiro atoms. The minimum atomic E-state index is 0. The second-order valence-electron chi connectivity index (χ2n) is 7.55. The third kappa shape index (κ3) is 6.22. The molecule has 1 saturated heterocycles. The number of halogens is 1. The highest BCUT2D eigenvalue weighted by Gasteiger charge is 2.29. The summed E-state index contributed by atoms with van der Waals surface area (Å²) in [6.07, 6.45) is 5.30.